The molecule has 0 aliphatic carbocycles. The summed E-state index contributed by atoms with van der Waals surface area (Å²) in [5, 5.41) is 9.60. The fraction of sp³-hybridized carbons (Fsp3) is 0.500. The topological polar surface area (TPSA) is 29.5 Å². The van der Waals surface area contributed by atoms with Crippen LogP contribution in [0.1, 0.15) is 25.5 Å². The standard InChI is InChI=1S/C12H16Cl2O2/c1-8(2)7-16-10-5-3-9(4-6-10)11(15)12(13)14/h3-6,8,11-12,15H,7H2,1-2H3. The van der Waals surface area contributed by atoms with Crippen molar-refractivity contribution >= 4 is 23.2 Å². The lowest BCUT2D eigenvalue weighted by atomic mass is 10.1. The Balaban J connectivity index is 2.61. The van der Waals surface area contributed by atoms with E-state index < -0.39 is 10.9 Å². The Morgan fingerprint density at radius 1 is 1.19 bits per heavy atom. The van der Waals surface area contributed by atoms with Gasteiger partial charge >= 0.3 is 0 Å². The molecule has 0 spiro atoms. The highest BCUT2D eigenvalue weighted by molar-refractivity contribution is 6.44. The summed E-state index contributed by atoms with van der Waals surface area (Å²) in [5.74, 6) is 1.27. The zero-order valence-corrected chi connectivity index (χ0v) is 10.9. The van der Waals surface area contributed by atoms with Gasteiger partial charge in [0.15, 0.2) is 0 Å². The molecule has 0 bridgehead atoms. The van der Waals surface area contributed by atoms with E-state index >= 15 is 0 Å². The fourth-order valence-electron chi connectivity index (χ4n) is 1.17. The lowest BCUT2D eigenvalue weighted by Gasteiger charge is -2.13. The first-order valence-corrected chi connectivity index (χ1v) is 6.07. The number of benzene rings is 1. The van der Waals surface area contributed by atoms with E-state index in [9.17, 15) is 5.11 Å². The minimum Gasteiger partial charge on any atom is -0.493 e. The Hall–Kier alpha value is -0.440. The monoisotopic (exact) mass is 262 g/mol. The van der Waals surface area contributed by atoms with Crippen LogP contribution in [-0.2, 0) is 0 Å². The summed E-state index contributed by atoms with van der Waals surface area (Å²) in [6.07, 6.45) is -0.859. The molecule has 90 valence electrons. The van der Waals surface area contributed by atoms with Gasteiger partial charge in [0.05, 0.1) is 6.61 Å². The number of ether oxygens (including phenoxy) is 1. The van der Waals surface area contributed by atoms with Crippen LogP contribution >= 0.6 is 23.2 Å². The van der Waals surface area contributed by atoms with E-state index in [1.54, 1.807) is 24.3 Å². The second-order valence-electron chi connectivity index (χ2n) is 4.05. The molecule has 0 saturated heterocycles. The highest BCUT2D eigenvalue weighted by Crippen LogP contribution is 2.25. The second kappa shape index (κ2) is 6.33. The molecular weight excluding hydrogens is 247 g/mol. The van der Waals surface area contributed by atoms with Crippen molar-refractivity contribution in [2.45, 2.75) is 24.8 Å². The summed E-state index contributed by atoms with van der Waals surface area (Å²) in [4.78, 5) is -0.817. The Kier molecular flexibility index (Phi) is 5.39. The fourth-order valence-corrected chi connectivity index (χ4v) is 1.46. The molecule has 4 heteroatoms. The predicted octanol–water partition coefficient (Wildman–Crippen LogP) is 3.56. The van der Waals surface area contributed by atoms with Crippen molar-refractivity contribution < 1.29 is 9.84 Å². The number of aliphatic hydroxyl groups excluding tert-OH is 1. The summed E-state index contributed by atoms with van der Waals surface area (Å²) in [5.41, 5.74) is 0.687. The first kappa shape index (κ1) is 13.6. The van der Waals surface area contributed by atoms with Crippen molar-refractivity contribution in [3.05, 3.63) is 29.8 Å². The van der Waals surface area contributed by atoms with E-state index in [0.717, 1.165) is 5.75 Å². The molecule has 0 saturated carbocycles. The molecule has 1 aromatic rings. The first-order valence-electron chi connectivity index (χ1n) is 5.19. The smallest absolute Gasteiger partial charge is 0.137 e. The Bertz CT molecular complexity index is 309. The predicted molar refractivity (Wildman–Crippen MR) is 67.2 cm³/mol. The third-order valence-electron chi connectivity index (χ3n) is 2.04. The quantitative estimate of drug-likeness (QED) is 0.823. The zero-order chi connectivity index (χ0) is 12.1. The van der Waals surface area contributed by atoms with Crippen LogP contribution < -0.4 is 4.74 Å². The van der Waals surface area contributed by atoms with E-state index in [1.165, 1.54) is 0 Å². The molecule has 0 fully saturated rings. The molecule has 1 N–H and O–H groups in total. The average molecular weight is 263 g/mol. The van der Waals surface area contributed by atoms with Crippen molar-refractivity contribution in [1.29, 1.82) is 0 Å². The van der Waals surface area contributed by atoms with Crippen molar-refractivity contribution in [3.8, 4) is 5.75 Å². The summed E-state index contributed by atoms with van der Waals surface area (Å²) in [6, 6.07) is 7.13. The number of hydrogen-bond acceptors (Lipinski definition) is 2. The molecule has 0 aromatic heterocycles. The minimum atomic E-state index is -0.859. The Morgan fingerprint density at radius 3 is 2.19 bits per heavy atom. The zero-order valence-electron chi connectivity index (χ0n) is 9.36. The molecule has 1 aromatic carbocycles. The van der Waals surface area contributed by atoms with Crippen LogP contribution in [0.3, 0.4) is 0 Å². The summed E-state index contributed by atoms with van der Waals surface area (Å²) < 4.78 is 5.52. The third-order valence-corrected chi connectivity index (χ3v) is 2.52. The molecule has 2 nitrogen and oxygen atoms in total. The normalized spacial score (nSPS) is 13.2. The lowest BCUT2D eigenvalue weighted by Crippen LogP contribution is -2.07. The molecule has 0 radical (unpaired) electrons. The van der Waals surface area contributed by atoms with Crippen LogP contribution in [-0.4, -0.2) is 16.5 Å². The maximum atomic E-state index is 9.60. The van der Waals surface area contributed by atoms with Gasteiger partial charge in [-0.25, -0.2) is 0 Å². The molecule has 0 aliphatic rings. The van der Waals surface area contributed by atoms with Crippen molar-refractivity contribution in [1.82, 2.24) is 0 Å². The van der Waals surface area contributed by atoms with Gasteiger partial charge < -0.3 is 9.84 Å². The molecule has 1 atom stereocenters. The Labute approximate surface area is 106 Å². The molecule has 1 rings (SSSR count). The molecule has 0 amide bonds. The average Bonchev–Trinajstić information content (AvgIpc) is 2.26. The molecule has 0 aliphatic heterocycles. The molecular formula is C12H16Cl2O2. The molecule has 16 heavy (non-hydrogen) atoms. The van der Waals surface area contributed by atoms with E-state index in [4.69, 9.17) is 27.9 Å². The van der Waals surface area contributed by atoms with Gasteiger partial charge in [-0.3, -0.25) is 0 Å². The van der Waals surface area contributed by atoms with Crippen LogP contribution in [0.25, 0.3) is 0 Å². The highest BCUT2D eigenvalue weighted by atomic mass is 35.5. The van der Waals surface area contributed by atoms with E-state index in [1.807, 2.05) is 0 Å². The molecule has 1 unspecified atom stereocenters. The number of rotatable bonds is 5. The molecule has 0 heterocycles. The number of alkyl halides is 2. The maximum Gasteiger partial charge on any atom is 0.137 e. The SMILES string of the molecule is CC(C)COc1ccc(C(O)C(Cl)Cl)cc1. The number of halogens is 2. The third kappa shape index (κ3) is 4.20. The van der Waals surface area contributed by atoms with Gasteiger partial charge in [-0.15, -0.1) is 23.2 Å². The maximum absolute atomic E-state index is 9.60. The number of aliphatic hydroxyl groups is 1. The summed E-state index contributed by atoms with van der Waals surface area (Å²) in [6.45, 7) is 4.85. The van der Waals surface area contributed by atoms with E-state index in [-0.39, 0.29) is 0 Å². The van der Waals surface area contributed by atoms with Gasteiger partial charge in [-0.2, -0.15) is 0 Å². The van der Waals surface area contributed by atoms with Crippen molar-refractivity contribution in [2.75, 3.05) is 6.61 Å². The second-order valence-corrected chi connectivity index (χ2v) is 5.22. The minimum absolute atomic E-state index is 0.486. The van der Waals surface area contributed by atoms with Crippen LogP contribution in [0, 0.1) is 5.92 Å². The van der Waals surface area contributed by atoms with Crippen molar-refractivity contribution in [3.63, 3.8) is 0 Å². The number of hydrogen-bond donors (Lipinski definition) is 1. The van der Waals surface area contributed by atoms with E-state index in [0.29, 0.717) is 18.1 Å². The van der Waals surface area contributed by atoms with Crippen LogP contribution in [0.15, 0.2) is 24.3 Å². The Morgan fingerprint density at radius 2 is 1.75 bits per heavy atom. The van der Waals surface area contributed by atoms with Gasteiger partial charge in [0.2, 0.25) is 0 Å². The van der Waals surface area contributed by atoms with Crippen LogP contribution in [0.4, 0.5) is 0 Å². The largest absolute Gasteiger partial charge is 0.493 e. The van der Waals surface area contributed by atoms with Gasteiger partial charge in [0.25, 0.3) is 0 Å². The highest BCUT2D eigenvalue weighted by Gasteiger charge is 2.15. The van der Waals surface area contributed by atoms with Gasteiger partial charge in [-0.05, 0) is 23.6 Å². The van der Waals surface area contributed by atoms with E-state index in [2.05, 4.69) is 13.8 Å². The van der Waals surface area contributed by atoms with Gasteiger partial charge in [0, 0.05) is 0 Å². The van der Waals surface area contributed by atoms with Gasteiger partial charge in [0.1, 0.15) is 16.7 Å². The van der Waals surface area contributed by atoms with Crippen LogP contribution in [0.5, 0.6) is 5.75 Å². The summed E-state index contributed by atoms with van der Waals surface area (Å²) in [7, 11) is 0. The van der Waals surface area contributed by atoms with Gasteiger partial charge in [-0.1, -0.05) is 26.0 Å². The lowest BCUT2D eigenvalue weighted by molar-refractivity contribution is 0.192. The van der Waals surface area contributed by atoms with Crippen molar-refractivity contribution in [2.24, 2.45) is 5.92 Å². The van der Waals surface area contributed by atoms with Crippen LogP contribution in [0.2, 0.25) is 0 Å². The summed E-state index contributed by atoms with van der Waals surface area (Å²) >= 11 is 11.2. The first-order chi connectivity index (χ1) is 7.50.